The van der Waals surface area contributed by atoms with E-state index in [-0.39, 0.29) is 40.4 Å². The molecule has 2 aromatic heterocycles. The van der Waals surface area contributed by atoms with Crippen LogP contribution in [-0.2, 0) is 23.1 Å². The minimum Gasteiger partial charge on any atom is -0.505 e. The standard InChI is InChI=1S/C20H20ClFN4O5S/c1-23-6-7-26-16-14(24(2)32(3,30)31)10-25(9-11-4-5-13(22)12(21)8-11)19(28)15(16)18(27)17(26)20(23)29/h4-5,8,10,27H,6-7,9H2,1-3H3. The predicted octanol–water partition coefficient (Wildman–Crippen LogP) is 1.83. The third-order valence-electron chi connectivity index (χ3n) is 5.62. The molecule has 3 aromatic rings. The molecule has 0 saturated heterocycles. The summed E-state index contributed by atoms with van der Waals surface area (Å²) in [7, 11) is -0.853. The van der Waals surface area contributed by atoms with Gasteiger partial charge in [-0.2, -0.15) is 0 Å². The van der Waals surface area contributed by atoms with Crippen LogP contribution in [0.15, 0.2) is 29.2 Å². The molecule has 3 heterocycles. The molecular formula is C20H20ClFN4O5S. The highest BCUT2D eigenvalue weighted by atomic mass is 35.5. The number of halogens is 2. The number of aromatic nitrogens is 2. The van der Waals surface area contributed by atoms with Crippen molar-refractivity contribution in [3.8, 4) is 5.75 Å². The van der Waals surface area contributed by atoms with Crippen LogP contribution >= 0.6 is 11.6 Å². The van der Waals surface area contributed by atoms with Gasteiger partial charge in [0, 0.05) is 33.4 Å². The lowest BCUT2D eigenvalue weighted by molar-refractivity contribution is 0.0747. The van der Waals surface area contributed by atoms with Crippen molar-refractivity contribution in [2.24, 2.45) is 0 Å². The summed E-state index contributed by atoms with van der Waals surface area (Å²) < 4.78 is 41.9. The van der Waals surface area contributed by atoms with Crippen molar-refractivity contribution in [2.45, 2.75) is 13.1 Å². The van der Waals surface area contributed by atoms with Crippen LogP contribution in [0.4, 0.5) is 10.1 Å². The van der Waals surface area contributed by atoms with Gasteiger partial charge in [-0.3, -0.25) is 13.9 Å². The van der Waals surface area contributed by atoms with E-state index >= 15 is 0 Å². The van der Waals surface area contributed by atoms with Gasteiger partial charge in [0.25, 0.3) is 11.5 Å². The van der Waals surface area contributed by atoms with E-state index in [1.54, 1.807) is 7.05 Å². The van der Waals surface area contributed by atoms with Gasteiger partial charge in [-0.15, -0.1) is 0 Å². The van der Waals surface area contributed by atoms with E-state index in [9.17, 15) is 27.5 Å². The van der Waals surface area contributed by atoms with Crippen LogP contribution in [-0.4, -0.2) is 60.4 Å². The first-order valence-electron chi connectivity index (χ1n) is 9.53. The Hall–Kier alpha value is -3.05. The Morgan fingerprint density at radius 3 is 2.56 bits per heavy atom. The topological polar surface area (TPSA) is 105 Å². The van der Waals surface area contributed by atoms with Gasteiger partial charge in [0.2, 0.25) is 10.0 Å². The number of pyridine rings is 1. The van der Waals surface area contributed by atoms with Crippen LogP contribution in [0.25, 0.3) is 10.9 Å². The molecule has 0 spiro atoms. The lowest BCUT2D eigenvalue weighted by Gasteiger charge is -2.26. The van der Waals surface area contributed by atoms with Gasteiger partial charge in [0.1, 0.15) is 11.2 Å². The van der Waals surface area contributed by atoms with Crippen molar-refractivity contribution >= 4 is 44.1 Å². The normalized spacial score (nSPS) is 14.2. The van der Waals surface area contributed by atoms with Crippen LogP contribution < -0.4 is 9.86 Å². The monoisotopic (exact) mass is 482 g/mol. The van der Waals surface area contributed by atoms with E-state index < -0.39 is 33.1 Å². The number of fused-ring (bicyclic) bond motifs is 3. The second kappa shape index (κ2) is 7.52. The molecule has 32 heavy (non-hydrogen) atoms. The number of rotatable bonds is 4. The number of hydrogen-bond donors (Lipinski definition) is 1. The molecule has 1 aromatic carbocycles. The summed E-state index contributed by atoms with van der Waals surface area (Å²) in [5, 5.41) is 10.6. The Morgan fingerprint density at radius 2 is 1.94 bits per heavy atom. The van der Waals surface area contributed by atoms with E-state index in [0.717, 1.165) is 16.6 Å². The third-order valence-corrected chi connectivity index (χ3v) is 7.10. The van der Waals surface area contributed by atoms with Gasteiger partial charge in [-0.25, -0.2) is 12.8 Å². The molecule has 0 atom stereocenters. The van der Waals surface area contributed by atoms with Crippen molar-refractivity contribution in [3.05, 3.63) is 56.8 Å². The van der Waals surface area contributed by atoms with E-state index in [1.165, 1.54) is 39.4 Å². The molecule has 0 unspecified atom stereocenters. The number of benzene rings is 1. The average Bonchev–Trinajstić information content (AvgIpc) is 3.02. The first kappa shape index (κ1) is 22.2. The molecule has 0 radical (unpaired) electrons. The molecule has 0 fully saturated rings. The largest absolute Gasteiger partial charge is 0.505 e. The van der Waals surface area contributed by atoms with Crippen molar-refractivity contribution < 1.29 is 22.7 Å². The third kappa shape index (κ3) is 3.41. The van der Waals surface area contributed by atoms with Gasteiger partial charge in [-0.1, -0.05) is 17.7 Å². The Labute approximate surface area is 187 Å². The molecule has 1 amide bonds. The van der Waals surface area contributed by atoms with E-state index in [4.69, 9.17) is 11.6 Å². The second-order valence-electron chi connectivity index (χ2n) is 7.73. The van der Waals surface area contributed by atoms with Gasteiger partial charge in [-0.05, 0) is 17.7 Å². The van der Waals surface area contributed by atoms with Gasteiger partial charge < -0.3 is 19.1 Å². The predicted molar refractivity (Wildman–Crippen MR) is 119 cm³/mol. The number of nitrogens with zero attached hydrogens (tertiary/aromatic N) is 4. The first-order valence-corrected chi connectivity index (χ1v) is 11.8. The van der Waals surface area contributed by atoms with Crippen molar-refractivity contribution in [1.29, 1.82) is 0 Å². The molecule has 9 nitrogen and oxygen atoms in total. The molecule has 1 aliphatic heterocycles. The summed E-state index contributed by atoms with van der Waals surface area (Å²) in [6.07, 6.45) is 2.35. The molecular weight excluding hydrogens is 463 g/mol. The van der Waals surface area contributed by atoms with Gasteiger partial charge in [0.15, 0.2) is 11.4 Å². The molecule has 170 valence electrons. The Morgan fingerprint density at radius 1 is 1.25 bits per heavy atom. The lowest BCUT2D eigenvalue weighted by atomic mass is 10.2. The Balaban J connectivity index is 2.04. The van der Waals surface area contributed by atoms with E-state index in [0.29, 0.717) is 12.1 Å². The summed E-state index contributed by atoms with van der Waals surface area (Å²) in [5.74, 6) is -1.60. The molecule has 1 N–H and O–H groups in total. The Bertz CT molecular complexity index is 1450. The van der Waals surface area contributed by atoms with Gasteiger partial charge in [0.05, 0.1) is 29.0 Å². The number of aromatic hydroxyl groups is 1. The second-order valence-corrected chi connectivity index (χ2v) is 10.1. The smallest absolute Gasteiger partial charge is 0.274 e. The number of carbonyl (C=O) groups is 1. The minimum absolute atomic E-state index is 0.0623. The maximum Gasteiger partial charge on any atom is 0.274 e. The van der Waals surface area contributed by atoms with E-state index in [2.05, 4.69) is 0 Å². The number of carbonyl (C=O) groups excluding carboxylic acids is 1. The van der Waals surface area contributed by atoms with Crippen molar-refractivity contribution in [3.63, 3.8) is 0 Å². The number of anilines is 1. The highest BCUT2D eigenvalue weighted by Crippen LogP contribution is 2.38. The maximum atomic E-state index is 13.5. The number of likely N-dealkylation sites (N-methyl/N-ethyl adjacent to an activating group) is 1. The van der Waals surface area contributed by atoms with Crippen LogP contribution in [0.1, 0.15) is 16.1 Å². The quantitative estimate of drug-likeness (QED) is 0.611. The van der Waals surface area contributed by atoms with Crippen molar-refractivity contribution in [1.82, 2.24) is 14.0 Å². The summed E-state index contributed by atoms with van der Waals surface area (Å²) in [5.41, 5.74) is 0.0714. The summed E-state index contributed by atoms with van der Waals surface area (Å²) >= 11 is 5.84. The summed E-state index contributed by atoms with van der Waals surface area (Å²) in [4.78, 5) is 27.4. The molecule has 0 aliphatic carbocycles. The SMILES string of the molecule is CN1CCn2c(c(O)c3c(=O)n(Cc4ccc(F)c(Cl)c4)cc(N(C)S(C)(=O)=O)c32)C1=O. The van der Waals surface area contributed by atoms with Crippen LogP contribution in [0.2, 0.25) is 5.02 Å². The van der Waals surface area contributed by atoms with Crippen LogP contribution in [0, 0.1) is 5.82 Å². The number of amides is 1. The lowest BCUT2D eigenvalue weighted by Crippen LogP contribution is -2.37. The fourth-order valence-corrected chi connectivity index (χ4v) is 4.51. The average molecular weight is 483 g/mol. The first-order chi connectivity index (χ1) is 14.9. The zero-order valence-electron chi connectivity index (χ0n) is 17.5. The fourth-order valence-electron chi connectivity index (χ4n) is 3.82. The number of hydrogen-bond acceptors (Lipinski definition) is 5. The highest BCUT2D eigenvalue weighted by molar-refractivity contribution is 7.92. The van der Waals surface area contributed by atoms with E-state index in [1.807, 2.05) is 0 Å². The molecule has 12 heteroatoms. The minimum atomic E-state index is -3.75. The zero-order valence-corrected chi connectivity index (χ0v) is 19.0. The summed E-state index contributed by atoms with van der Waals surface area (Å²) in [6, 6.07) is 3.96. The molecule has 0 bridgehead atoms. The Kier molecular flexibility index (Phi) is 5.21. The maximum absolute atomic E-state index is 13.5. The highest BCUT2D eigenvalue weighted by Gasteiger charge is 2.33. The fraction of sp³-hybridized carbons (Fsp3) is 0.300. The van der Waals surface area contributed by atoms with Crippen LogP contribution in [0.5, 0.6) is 5.75 Å². The zero-order chi connectivity index (χ0) is 23.5. The molecule has 0 saturated carbocycles. The van der Waals surface area contributed by atoms with Gasteiger partial charge >= 0.3 is 0 Å². The summed E-state index contributed by atoms with van der Waals surface area (Å²) in [6.45, 7) is 0.539. The van der Waals surface area contributed by atoms with Crippen molar-refractivity contribution in [2.75, 3.05) is 31.2 Å². The molecule has 4 rings (SSSR count). The van der Waals surface area contributed by atoms with Crippen LogP contribution in [0.3, 0.4) is 0 Å². The number of sulfonamides is 1. The molecule has 1 aliphatic rings.